The Labute approximate surface area is 194 Å². The molecule has 8 nitrogen and oxygen atoms in total. The van der Waals surface area contributed by atoms with Gasteiger partial charge in [-0.1, -0.05) is 0 Å². The summed E-state index contributed by atoms with van der Waals surface area (Å²) in [6.45, 7) is 1.24. The van der Waals surface area contributed by atoms with Gasteiger partial charge in [-0.15, -0.1) is 0 Å². The summed E-state index contributed by atoms with van der Waals surface area (Å²) in [5.74, 6) is 2.20. The summed E-state index contributed by atoms with van der Waals surface area (Å²) in [5, 5.41) is 15.5. The molecule has 4 bridgehead atoms. The molecule has 1 saturated heterocycles. The highest BCUT2D eigenvalue weighted by Gasteiger charge is 2.60. The second-order valence-electron chi connectivity index (χ2n) is 11.0. The number of hydrogen-bond acceptors (Lipinski definition) is 6. The highest BCUT2D eigenvalue weighted by molar-refractivity contribution is 5.83. The lowest BCUT2D eigenvalue weighted by atomic mass is 9.48. The molecule has 174 valence electrons. The average Bonchev–Trinajstić information content (AvgIpc) is 3.50. The van der Waals surface area contributed by atoms with Crippen molar-refractivity contribution in [2.45, 2.75) is 69.6 Å². The van der Waals surface area contributed by atoms with Gasteiger partial charge in [0.1, 0.15) is 18.0 Å². The maximum atomic E-state index is 13.1. The number of anilines is 1. The highest BCUT2D eigenvalue weighted by Crippen LogP contribution is 2.61. The Morgan fingerprint density at radius 2 is 1.91 bits per heavy atom. The van der Waals surface area contributed by atoms with E-state index >= 15 is 0 Å². The van der Waals surface area contributed by atoms with Crippen LogP contribution in [0.25, 0.3) is 0 Å². The first-order valence-electron chi connectivity index (χ1n) is 12.4. The van der Waals surface area contributed by atoms with Crippen molar-refractivity contribution >= 4 is 17.8 Å². The first-order valence-corrected chi connectivity index (χ1v) is 12.4. The summed E-state index contributed by atoms with van der Waals surface area (Å²) in [6.07, 6.45) is 9.26. The molecule has 6 fully saturated rings. The molecule has 7 rings (SSSR count). The van der Waals surface area contributed by atoms with Crippen LogP contribution in [0.1, 0.15) is 56.9 Å². The molecule has 4 unspecified atom stereocenters. The number of likely N-dealkylation sites (tertiary alicyclic amines) is 1. The molecule has 0 radical (unpaired) electrons. The zero-order chi connectivity index (χ0) is 22.6. The normalized spacial score (nSPS) is 36.3. The molecule has 6 atom stereocenters. The average molecular weight is 450 g/mol. The molecule has 1 aromatic rings. The molecule has 0 spiro atoms. The predicted molar refractivity (Wildman–Crippen MR) is 120 cm³/mol. The summed E-state index contributed by atoms with van der Waals surface area (Å²) < 4.78 is 6.13. The van der Waals surface area contributed by atoms with Crippen molar-refractivity contribution < 1.29 is 14.3 Å². The number of aromatic nitrogens is 1. The van der Waals surface area contributed by atoms with E-state index in [2.05, 4.69) is 21.7 Å². The number of carbonyl (C=O) groups is 2. The van der Waals surface area contributed by atoms with E-state index < -0.39 is 0 Å². The highest BCUT2D eigenvalue weighted by atomic mass is 16.6. The van der Waals surface area contributed by atoms with E-state index in [1.54, 1.807) is 23.2 Å². The fraction of sp³-hybridized carbons (Fsp3) is 0.680. The number of nitriles is 1. The van der Waals surface area contributed by atoms with Gasteiger partial charge in [-0.2, -0.15) is 5.26 Å². The van der Waals surface area contributed by atoms with Crippen molar-refractivity contribution in [1.82, 2.24) is 15.2 Å². The molecule has 2 heterocycles. The van der Waals surface area contributed by atoms with Crippen LogP contribution in [0.15, 0.2) is 18.3 Å². The van der Waals surface area contributed by atoms with Crippen molar-refractivity contribution in [3.05, 3.63) is 23.9 Å². The van der Waals surface area contributed by atoms with Gasteiger partial charge in [0.15, 0.2) is 0 Å². The van der Waals surface area contributed by atoms with Crippen LogP contribution in [0, 0.1) is 34.5 Å². The Balaban J connectivity index is 1.05. The topological polar surface area (TPSA) is 107 Å². The minimum atomic E-state index is -0.223. The van der Waals surface area contributed by atoms with Crippen molar-refractivity contribution in [3.8, 4) is 6.07 Å². The Hall–Kier alpha value is -2.82. The minimum Gasteiger partial charge on any atom is -0.446 e. The van der Waals surface area contributed by atoms with Gasteiger partial charge in [-0.25, -0.2) is 9.78 Å². The van der Waals surface area contributed by atoms with Gasteiger partial charge in [-0.3, -0.25) is 4.79 Å². The molecule has 0 aromatic carbocycles. The van der Waals surface area contributed by atoms with E-state index in [9.17, 15) is 9.59 Å². The first kappa shape index (κ1) is 20.8. The van der Waals surface area contributed by atoms with Crippen LogP contribution >= 0.6 is 0 Å². The lowest BCUT2D eigenvalue weighted by Crippen LogP contribution is -2.59. The van der Waals surface area contributed by atoms with Crippen LogP contribution in [0.4, 0.5) is 10.6 Å². The molecule has 6 aliphatic rings. The number of amides is 2. The number of carbonyl (C=O) groups excluding carboxylic acids is 2. The molecule has 1 aromatic heterocycles. The third-order valence-corrected chi connectivity index (χ3v) is 8.51. The second kappa shape index (κ2) is 7.89. The maximum absolute atomic E-state index is 13.1. The van der Waals surface area contributed by atoms with Gasteiger partial charge in [0.2, 0.25) is 5.91 Å². The number of pyridine rings is 1. The van der Waals surface area contributed by atoms with E-state index in [1.165, 1.54) is 0 Å². The van der Waals surface area contributed by atoms with Crippen LogP contribution in [0.5, 0.6) is 0 Å². The monoisotopic (exact) mass is 449 g/mol. The van der Waals surface area contributed by atoms with Crippen LogP contribution in [0.3, 0.4) is 0 Å². The van der Waals surface area contributed by atoms with Gasteiger partial charge in [0.25, 0.3) is 0 Å². The second-order valence-corrected chi connectivity index (χ2v) is 11.0. The molecular formula is C25H31N5O3. The van der Waals surface area contributed by atoms with Gasteiger partial charge < -0.3 is 20.3 Å². The van der Waals surface area contributed by atoms with Crippen molar-refractivity contribution in [1.29, 1.82) is 5.26 Å². The number of rotatable bonds is 5. The zero-order valence-electron chi connectivity index (χ0n) is 18.8. The van der Waals surface area contributed by atoms with Crippen molar-refractivity contribution in [3.63, 3.8) is 0 Å². The summed E-state index contributed by atoms with van der Waals surface area (Å²) in [7, 11) is 0. The van der Waals surface area contributed by atoms with Crippen LogP contribution in [-0.2, 0) is 9.53 Å². The standard InChI is InChI=1S/C25H31N5O3/c26-12-15-1-4-21(27-13-15)28-20-5-6-30(14-20)24(32)33-22-17-7-16-8-18(22)11-25(9-16,10-17)23(31)29-19-2-3-19/h1,4,13,16-20,22H,2-3,5-11,14H2,(H,27,28)(H,29,31)/t16?,17-,18?,20+,22?,25?/m0/s1. The van der Waals surface area contributed by atoms with E-state index in [1.807, 2.05) is 0 Å². The van der Waals surface area contributed by atoms with E-state index in [0.717, 1.165) is 51.4 Å². The summed E-state index contributed by atoms with van der Waals surface area (Å²) in [4.78, 5) is 32.1. The van der Waals surface area contributed by atoms with E-state index in [-0.39, 0.29) is 29.6 Å². The summed E-state index contributed by atoms with van der Waals surface area (Å²) in [6, 6.07) is 6.11. The molecular weight excluding hydrogens is 418 g/mol. The third-order valence-electron chi connectivity index (χ3n) is 8.51. The van der Waals surface area contributed by atoms with Crippen molar-refractivity contribution in [2.75, 3.05) is 18.4 Å². The lowest BCUT2D eigenvalue weighted by Gasteiger charge is -2.58. The SMILES string of the molecule is N#Cc1ccc(N[C@@H]2CCN(C(=O)OC3C4CC5C[C@H]3CC(C(=O)NC3CC3)(C5)C4)C2)nc1. The smallest absolute Gasteiger partial charge is 0.410 e. The lowest BCUT2D eigenvalue weighted by molar-refractivity contribution is -0.164. The van der Waals surface area contributed by atoms with E-state index in [0.29, 0.717) is 48.3 Å². The molecule has 5 aliphatic carbocycles. The number of nitrogens with one attached hydrogen (secondary N) is 2. The Kier molecular flexibility index (Phi) is 4.97. The Morgan fingerprint density at radius 1 is 1.12 bits per heavy atom. The van der Waals surface area contributed by atoms with Gasteiger partial charge >= 0.3 is 6.09 Å². The number of hydrogen-bond donors (Lipinski definition) is 2. The van der Waals surface area contributed by atoms with Gasteiger partial charge in [0, 0.05) is 31.4 Å². The molecule has 1 aliphatic heterocycles. The van der Waals surface area contributed by atoms with Crippen LogP contribution < -0.4 is 10.6 Å². The van der Waals surface area contributed by atoms with Crippen LogP contribution in [0.2, 0.25) is 0 Å². The maximum Gasteiger partial charge on any atom is 0.410 e. The summed E-state index contributed by atoms with van der Waals surface area (Å²) >= 11 is 0. The summed E-state index contributed by atoms with van der Waals surface area (Å²) in [5.41, 5.74) is 0.304. The Morgan fingerprint density at radius 3 is 2.58 bits per heavy atom. The fourth-order valence-electron chi connectivity index (χ4n) is 7.00. The Bertz CT molecular complexity index is 969. The molecule has 33 heavy (non-hydrogen) atoms. The largest absolute Gasteiger partial charge is 0.446 e. The third kappa shape index (κ3) is 3.92. The quantitative estimate of drug-likeness (QED) is 0.715. The minimum absolute atomic E-state index is 0.0527. The number of ether oxygens (including phenoxy) is 1. The van der Waals surface area contributed by atoms with Crippen molar-refractivity contribution in [2.24, 2.45) is 23.2 Å². The van der Waals surface area contributed by atoms with E-state index in [4.69, 9.17) is 10.00 Å². The molecule has 5 saturated carbocycles. The van der Waals surface area contributed by atoms with Gasteiger partial charge in [0.05, 0.1) is 11.0 Å². The predicted octanol–water partition coefficient (Wildman–Crippen LogP) is 3.05. The zero-order valence-corrected chi connectivity index (χ0v) is 18.8. The molecule has 2 amide bonds. The first-order chi connectivity index (χ1) is 16.0. The van der Waals surface area contributed by atoms with Gasteiger partial charge in [-0.05, 0) is 81.3 Å². The number of nitrogens with zero attached hydrogens (tertiary/aromatic N) is 3. The molecule has 2 N–H and O–H groups in total. The van der Waals surface area contributed by atoms with Crippen LogP contribution in [-0.4, -0.2) is 53.2 Å². The fourth-order valence-corrected chi connectivity index (χ4v) is 7.00. The molecule has 8 heteroatoms.